The van der Waals surface area contributed by atoms with Gasteiger partial charge in [0.1, 0.15) is 0 Å². The van der Waals surface area contributed by atoms with Gasteiger partial charge < -0.3 is 16.0 Å². The molecule has 1 atom stereocenters. The minimum atomic E-state index is -0.515. The van der Waals surface area contributed by atoms with E-state index in [1.807, 2.05) is 26.0 Å². The summed E-state index contributed by atoms with van der Waals surface area (Å²) < 4.78 is 0. The van der Waals surface area contributed by atoms with E-state index in [9.17, 15) is 9.59 Å². The average molecular weight is 277 g/mol. The van der Waals surface area contributed by atoms with Crippen molar-refractivity contribution >= 4 is 11.8 Å². The summed E-state index contributed by atoms with van der Waals surface area (Å²) in [6, 6.07) is 6.75. The molecule has 3 N–H and O–H groups in total. The van der Waals surface area contributed by atoms with Crippen molar-refractivity contribution in [2.75, 3.05) is 13.1 Å². The summed E-state index contributed by atoms with van der Waals surface area (Å²) in [5, 5.41) is 2.73. The van der Waals surface area contributed by atoms with E-state index in [2.05, 4.69) is 5.32 Å². The number of nitrogens with two attached hydrogens (primary N) is 1. The van der Waals surface area contributed by atoms with Gasteiger partial charge in [0.2, 0.25) is 5.91 Å². The van der Waals surface area contributed by atoms with Gasteiger partial charge in [0, 0.05) is 25.2 Å². The van der Waals surface area contributed by atoms with Crippen LogP contribution in [0.2, 0.25) is 0 Å². The van der Waals surface area contributed by atoms with Gasteiger partial charge in [-0.1, -0.05) is 12.1 Å². The zero-order valence-corrected chi connectivity index (χ0v) is 12.3. The van der Waals surface area contributed by atoms with Gasteiger partial charge in [0.15, 0.2) is 0 Å². The molecule has 0 aliphatic carbocycles. The summed E-state index contributed by atoms with van der Waals surface area (Å²) in [6.07, 6.45) is 0. The van der Waals surface area contributed by atoms with Crippen LogP contribution in [0.25, 0.3) is 0 Å². The van der Waals surface area contributed by atoms with Crippen molar-refractivity contribution in [2.45, 2.75) is 33.4 Å². The van der Waals surface area contributed by atoms with Crippen LogP contribution in [0.5, 0.6) is 0 Å². The minimum absolute atomic E-state index is 0.0289. The molecule has 0 saturated heterocycles. The van der Waals surface area contributed by atoms with Crippen molar-refractivity contribution in [2.24, 2.45) is 5.73 Å². The average Bonchev–Trinajstić information content (AvgIpc) is 2.46. The van der Waals surface area contributed by atoms with Crippen LogP contribution in [-0.4, -0.2) is 35.8 Å². The zero-order valence-electron chi connectivity index (χ0n) is 12.3. The molecule has 1 aromatic rings. The number of carbonyl (C=O) groups excluding carboxylic acids is 2. The Morgan fingerprint density at radius 2 is 1.75 bits per heavy atom. The topological polar surface area (TPSA) is 75.4 Å². The molecule has 0 radical (unpaired) electrons. The lowest BCUT2D eigenvalue weighted by atomic mass is 10.1. The predicted octanol–water partition coefficient (Wildman–Crippen LogP) is 1.13. The lowest BCUT2D eigenvalue weighted by Crippen LogP contribution is -2.37. The number of amides is 2. The molecule has 0 bridgehead atoms. The third kappa shape index (κ3) is 4.35. The van der Waals surface area contributed by atoms with E-state index in [0.29, 0.717) is 25.2 Å². The Hall–Kier alpha value is -1.88. The molecule has 0 heterocycles. The van der Waals surface area contributed by atoms with E-state index < -0.39 is 6.04 Å². The van der Waals surface area contributed by atoms with Crippen molar-refractivity contribution in [1.82, 2.24) is 10.2 Å². The van der Waals surface area contributed by atoms with Gasteiger partial charge >= 0.3 is 0 Å². The molecule has 5 nitrogen and oxygen atoms in total. The van der Waals surface area contributed by atoms with Crippen LogP contribution in [0.3, 0.4) is 0 Å². The van der Waals surface area contributed by atoms with E-state index in [-0.39, 0.29) is 11.8 Å². The van der Waals surface area contributed by atoms with E-state index >= 15 is 0 Å². The van der Waals surface area contributed by atoms with Crippen LogP contribution in [0.4, 0.5) is 0 Å². The Morgan fingerprint density at radius 1 is 1.20 bits per heavy atom. The van der Waals surface area contributed by atoms with Crippen LogP contribution in [0.15, 0.2) is 24.3 Å². The summed E-state index contributed by atoms with van der Waals surface area (Å²) >= 11 is 0. The second-order valence-electron chi connectivity index (χ2n) is 4.68. The first kappa shape index (κ1) is 16.2. The summed E-state index contributed by atoms with van der Waals surface area (Å²) in [7, 11) is 0. The molecular formula is C15H23N3O2. The molecule has 110 valence electrons. The van der Waals surface area contributed by atoms with Gasteiger partial charge in [0.25, 0.3) is 5.91 Å². The standard InChI is InChI=1S/C15H23N3O2/c1-4-18(5-2)15(20)13-8-6-12(7-9-13)10-17-14(19)11(3)16/h6-9,11H,4-5,10,16H2,1-3H3,(H,17,19)/t11-/m0/s1. The van der Waals surface area contributed by atoms with E-state index in [1.165, 1.54) is 0 Å². The molecule has 0 saturated carbocycles. The third-order valence-corrected chi connectivity index (χ3v) is 3.13. The van der Waals surface area contributed by atoms with E-state index in [1.54, 1.807) is 24.0 Å². The number of benzene rings is 1. The smallest absolute Gasteiger partial charge is 0.253 e. The molecule has 1 rings (SSSR count). The molecule has 0 unspecified atom stereocenters. The molecule has 0 aromatic heterocycles. The minimum Gasteiger partial charge on any atom is -0.351 e. The third-order valence-electron chi connectivity index (χ3n) is 3.13. The monoisotopic (exact) mass is 277 g/mol. The molecule has 1 aromatic carbocycles. The van der Waals surface area contributed by atoms with Crippen molar-refractivity contribution in [3.05, 3.63) is 35.4 Å². The number of carbonyl (C=O) groups is 2. The Balaban J connectivity index is 2.65. The molecule has 0 spiro atoms. The van der Waals surface area contributed by atoms with Crippen LogP contribution in [-0.2, 0) is 11.3 Å². The highest BCUT2D eigenvalue weighted by molar-refractivity contribution is 5.94. The first-order chi connectivity index (χ1) is 9.49. The number of rotatable bonds is 6. The summed E-state index contributed by atoms with van der Waals surface area (Å²) in [4.78, 5) is 25.2. The second-order valence-corrected chi connectivity index (χ2v) is 4.68. The lowest BCUT2D eigenvalue weighted by molar-refractivity contribution is -0.122. The fraction of sp³-hybridized carbons (Fsp3) is 0.467. The van der Waals surface area contributed by atoms with Gasteiger partial charge in [0.05, 0.1) is 6.04 Å². The molecule has 0 fully saturated rings. The molecule has 2 amide bonds. The number of nitrogens with one attached hydrogen (secondary N) is 1. The Labute approximate surface area is 120 Å². The van der Waals surface area contributed by atoms with E-state index in [0.717, 1.165) is 5.56 Å². The van der Waals surface area contributed by atoms with Crippen molar-refractivity contribution in [3.8, 4) is 0 Å². The van der Waals surface area contributed by atoms with Gasteiger partial charge in [-0.2, -0.15) is 0 Å². The fourth-order valence-corrected chi connectivity index (χ4v) is 1.81. The molecular weight excluding hydrogens is 254 g/mol. The van der Waals surface area contributed by atoms with Crippen LogP contribution in [0.1, 0.15) is 36.7 Å². The molecule has 0 aliphatic heterocycles. The van der Waals surface area contributed by atoms with Crippen molar-refractivity contribution < 1.29 is 9.59 Å². The quantitative estimate of drug-likeness (QED) is 0.818. The fourth-order valence-electron chi connectivity index (χ4n) is 1.81. The zero-order chi connectivity index (χ0) is 15.1. The lowest BCUT2D eigenvalue weighted by Gasteiger charge is -2.18. The molecule has 20 heavy (non-hydrogen) atoms. The number of nitrogens with zero attached hydrogens (tertiary/aromatic N) is 1. The Kier molecular flexibility index (Phi) is 6.18. The van der Waals surface area contributed by atoms with Crippen LogP contribution in [0, 0.1) is 0 Å². The largest absolute Gasteiger partial charge is 0.351 e. The first-order valence-corrected chi connectivity index (χ1v) is 6.91. The Bertz CT molecular complexity index is 451. The summed E-state index contributed by atoms with van der Waals surface area (Å²) in [6.45, 7) is 7.36. The number of hydrogen-bond acceptors (Lipinski definition) is 3. The SMILES string of the molecule is CCN(CC)C(=O)c1ccc(CNC(=O)[C@H](C)N)cc1. The maximum absolute atomic E-state index is 12.1. The van der Waals surface area contributed by atoms with Gasteiger partial charge in [-0.25, -0.2) is 0 Å². The summed E-state index contributed by atoms with van der Waals surface area (Å²) in [5.74, 6) is -0.158. The highest BCUT2D eigenvalue weighted by Gasteiger charge is 2.12. The normalized spacial score (nSPS) is 11.8. The predicted molar refractivity (Wildman–Crippen MR) is 79.2 cm³/mol. The summed E-state index contributed by atoms with van der Waals surface area (Å²) in [5.41, 5.74) is 7.07. The number of hydrogen-bond donors (Lipinski definition) is 2. The van der Waals surface area contributed by atoms with Crippen LogP contribution < -0.4 is 11.1 Å². The van der Waals surface area contributed by atoms with Crippen molar-refractivity contribution in [3.63, 3.8) is 0 Å². The highest BCUT2D eigenvalue weighted by atomic mass is 16.2. The maximum atomic E-state index is 12.1. The molecule has 5 heteroatoms. The van der Waals surface area contributed by atoms with Crippen LogP contribution >= 0.6 is 0 Å². The van der Waals surface area contributed by atoms with E-state index in [4.69, 9.17) is 5.73 Å². The first-order valence-electron chi connectivity index (χ1n) is 6.91. The van der Waals surface area contributed by atoms with Gasteiger partial charge in [-0.05, 0) is 38.5 Å². The molecule has 0 aliphatic rings. The van der Waals surface area contributed by atoms with Gasteiger partial charge in [-0.3, -0.25) is 9.59 Å². The highest BCUT2D eigenvalue weighted by Crippen LogP contribution is 2.08. The van der Waals surface area contributed by atoms with Gasteiger partial charge in [-0.15, -0.1) is 0 Å². The second kappa shape index (κ2) is 7.65. The van der Waals surface area contributed by atoms with Crippen molar-refractivity contribution in [1.29, 1.82) is 0 Å². The maximum Gasteiger partial charge on any atom is 0.253 e. The Morgan fingerprint density at radius 3 is 2.20 bits per heavy atom.